The molecule has 0 radical (unpaired) electrons. The van der Waals surface area contributed by atoms with Gasteiger partial charge in [-0.1, -0.05) is 17.8 Å². The molecule has 0 amide bonds. The predicted octanol–water partition coefficient (Wildman–Crippen LogP) is 1.16. The van der Waals surface area contributed by atoms with Crippen LogP contribution in [0.3, 0.4) is 0 Å². The maximum absolute atomic E-state index is 10.9. The highest BCUT2D eigenvalue weighted by Gasteiger charge is 2.14. The number of hydrogen-bond donors (Lipinski definition) is 3. The summed E-state index contributed by atoms with van der Waals surface area (Å²) in [6, 6.07) is 9.51. The fraction of sp³-hybridized carbons (Fsp3) is 0.133. The van der Waals surface area contributed by atoms with Crippen LogP contribution in [0.2, 0.25) is 0 Å². The largest absolute Gasteiger partial charge is 0.478 e. The van der Waals surface area contributed by atoms with Crippen molar-refractivity contribution >= 4 is 23.5 Å². The number of pyridine rings is 1. The molecule has 2 heterocycles. The molecular formula is C15H14N6O3S. The number of aliphatic hydroxyl groups excluding tert-OH is 1. The lowest BCUT2D eigenvalue weighted by Crippen LogP contribution is -2.05. The van der Waals surface area contributed by atoms with Gasteiger partial charge in [0.1, 0.15) is 5.82 Å². The molecule has 9 nitrogen and oxygen atoms in total. The number of nitrogens with two attached hydrogens (primary N) is 1. The van der Waals surface area contributed by atoms with Crippen LogP contribution in [0.4, 0.5) is 5.82 Å². The van der Waals surface area contributed by atoms with E-state index in [2.05, 4.69) is 20.5 Å². The number of carbonyl (C=O) groups is 1. The van der Waals surface area contributed by atoms with Crippen molar-refractivity contribution in [1.82, 2.24) is 25.2 Å². The van der Waals surface area contributed by atoms with Crippen molar-refractivity contribution in [3.8, 4) is 5.69 Å². The highest BCUT2D eigenvalue weighted by Crippen LogP contribution is 2.24. The van der Waals surface area contributed by atoms with Crippen molar-refractivity contribution in [2.24, 2.45) is 0 Å². The number of tetrazole rings is 1. The van der Waals surface area contributed by atoms with E-state index in [1.54, 1.807) is 24.3 Å². The second kappa shape index (κ2) is 7.28. The topological polar surface area (TPSA) is 140 Å². The molecule has 0 saturated heterocycles. The Morgan fingerprint density at radius 2 is 2.00 bits per heavy atom. The minimum atomic E-state index is -1.00. The minimum absolute atomic E-state index is 0.178. The number of carboxylic acids is 1. The van der Waals surface area contributed by atoms with Gasteiger partial charge in [0.15, 0.2) is 0 Å². The summed E-state index contributed by atoms with van der Waals surface area (Å²) in [5, 5.41) is 31.1. The second-order valence-corrected chi connectivity index (χ2v) is 6.06. The van der Waals surface area contributed by atoms with Crippen LogP contribution in [-0.4, -0.2) is 47.1 Å². The van der Waals surface area contributed by atoms with Gasteiger partial charge in [0.25, 0.3) is 0 Å². The maximum Gasteiger partial charge on any atom is 0.335 e. The first-order valence-corrected chi connectivity index (χ1v) is 8.17. The Labute approximate surface area is 146 Å². The molecule has 0 spiro atoms. The zero-order valence-electron chi connectivity index (χ0n) is 12.9. The Morgan fingerprint density at radius 1 is 1.24 bits per heavy atom. The fourth-order valence-electron chi connectivity index (χ4n) is 2.04. The Morgan fingerprint density at radius 3 is 2.64 bits per heavy atom. The normalized spacial score (nSPS) is 12.0. The molecule has 3 aromatic rings. The van der Waals surface area contributed by atoms with Crippen molar-refractivity contribution < 1.29 is 15.0 Å². The van der Waals surface area contributed by atoms with Crippen molar-refractivity contribution in [1.29, 1.82) is 0 Å². The summed E-state index contributed by atoms with van der Waals surface area (Å²) >= 11 is 1.27. The number of anilines is 1. The number of aromatic nitrogens is 5. The van der Waals surface area contributed by atoms with Crippen LogP contribution < -0.4 is 5.73 Å². The molecule has 1 aromatic carbocycles. The fourth-order valence-corrected chi connectivity index (χ4v) is 2.90. The molecule has 3 rings (SSSR count). The SMILES string of the molecule is Nc1ccc(C(O)CSc2nnnn2-c2ccc(C(=O)O)cc2)cn1. The standard InChI is InChI=1S/C15H14N6O3S/c16-13-6-3-10(7-17-13)12(22)8-25-15-18-19-20-21(15)11-4-1-9(2-5-11)14(23)24/h1-7,12,22H,8H2,(H2,16,17)(H,23,24). The number of carboxylic acid groups (broad SMARTS) is 1. The van der Waals surface area contributed by atoms with E-state index >= 15 is 0 Å². The van der Waals surface area contributed by atoms with Crippen LogP contribution in [0.25, 0.3) is 5.69 Å². The average molecular weight is 358 g/mol. The summed E-state index contributed by atoms with van der Waals surface area (Å²) in [5.41, 5.74) is 6.98. The van der Waals surface area contributed by atoms with Gasteiger partial charge < -0.3 is 15.9 Å². The third-order valence-electron chi connectivity index (χ3n) is 3.36. The van der Waals surface area contributed by atoms with E-state index < -0.39 is 12.1 Å². The monoisotopic (exact) mass is 358 g/mol. The highest BCUT2D eigenvalue weighted by atomic mass is 32.2. The molecule has 0 aliphatic heterocycles. The Bertz CT molecular complexity index is 866. The lowest BCUT2D eigenvalue weighted by atomic mass is 10.2. The molecule has 128 valence electrons. The number of nitrogens with zero attached hydrogens (tertiary/aromatic N) is 5. The van der Waals surface area contributed by atoms with Crippen molar-refractivity contribution in [2.75, 3.05) is 11.5 Å². The number of rotatable bonds is 6. The maximum atomic E-state index is 10.9. The number of benzene rings is 1. The quantitative estimate of drug-likeness (QED) is 0.554. The number of thioether (sulfide) groups is 1. The van der Waals surface area contributed by atoms with Gasteiger partial charge >= 0.3 is 5.97 Å². The van der Waals surface area contributed by atoms with Gasteiger partial charge in [-0.2, -0.15) is 4.68 Å². The first-order valence-electron chi connectivity index (χ1n) is 7.19. The van der Waals surface area contributed by atoms with Gasteiger partial charge in [0.2, 0.25) is 5.16 Å². The van der Waals surface area contributed by atoms with Crippen LogP contribution in [0.1, 0.15) is 22.0 Å². The summed E-state index contributed by atoms with van der Waals surface area (Å²) in [5.74, 6) is -0.297. The van der Waals surface area contributed by atoms with Crippen LogP contribution in [0.5, 0.6) is 0 Å². The molecule has 10 heteroatoms. The Kier molecular flexibility index (Phi) is 4.91. The van der Waals surface area contributed by atoms with Crippen LogP contribution in [0.15, 0.2) is 47.8 Å². The number of nitrogen functional groups attached to an aromatic ring is 1. The van der Waals surface area contributed by atoms with Crippen LogP contribution in [0, 0.1) is 0 Å². The second-order valence-electron chi connectivity index (χ2n) is 5.07. The highest BCUT2D eigenvalue weighted by molar-refractivity contribution is 7.99. The van der Waals surface area contributed by atoms with E-state index in [1.807, 2.05) is 0 Å². The zero-order valence-corrected chi connectivity index (χ0v) is 13.7. The first kappa shape index (κ1) is 16.9. The predicted molar refractivity (Wildman–Crippen MR) is 90.4 cm³/mol. The van der Waals surface area contributed by atoms with Crippen molar-refractivity contribution in [3.05, 3.63) is 53.7 Å². The van der Waals surface area contributed by atoms with Crippen molar-refractivity contribution in [2.45, 2.75) is 11.3 Å². The molecule has 0 bridgehead atoms. The first-order chi connectivity index (χ1) is 12.0. The van der Waals surface area contributed by atoms with E-state index in [4.69, 9.17) is 10.8 Å². The molecule has 1 atom stereocenters. The van der Waals surface area contributed by atoms with Gasteiger partial charge in [0.05, 0.1) is 17.4 Å². The van der Waals surface area contributed by atoms with Gasteiger partial charge in [-0.25, -0.2) is 9.78 Å². The summed E-state index contributed by atoms with van der Waals surface area (Å²) in [4.78, 5) is 14.9. The molecule has 0 saturated carbocycles. The molecular weight excluding hydrogens is 344 g/mol. The molecule has 0 aliphatic rings. The third-order valence-corrected chi connectivity index (χ3v) is 4.36. The summed E-state index contributed by atoms with van der Waals surface area (Å²) in [6.07, 6.45) is 0.770. The smallest absolute Gasteiger partial charge is 0.335 e. The lowest BCUT2D eigenvalue weighted by Gasteiger charge is -2.10. The molecule has 0 fully saturated rings. The summed E-state index contributed by atoms with van der Waals surface area (Å²) in [7, 11) is 0. The van der Waals surface area contributed by atoms with Gasteiger partial charge in [-0.05, 0) is 46.3 Å². The Hall–Kier alpha value is -2.98. The molecule has 4 N–H and O–H groups in total. The van der Waals surface area contributed by atoms with Gasteiger partial charge in [-0.15, -0.1) is 5.10 Å². The molecule has 1 unspecified atom stereocenters. The molecule has 0 aliphatic carbocycles. The van der Waals surface area contributed by atoms with E-state index in [0.717, 1.165) is 0 Å². The summed E-state index contributed by atoms with van der Waals surface area (Å²) < 4.78 is 1.48. The number of aromatic carboxylic acids is 1. The van der Waals surface area contributed by atoms with E-state index in [-0.39, 0.29) is 5.56 Å². The minimum Gasteiger partial charge on any atom is -0.478 e. The Balaban J connectivity index is 1.71. The van der Waals surface area contributed by atoms with Gasteiger partial charge in [0, 0.05) is 11.9 Å². The lowest BCUT2D eigenvalue weighted by molar-refractivity contribution is 0.0697. The molecule has 2 aromatic heterocycles. The van der Waals surface area contributed by atoms with Gasteiger partial charge in [-0.3, -0.25) is 0 Å². The van der Waals surface area contributed by atoms with E-state index in [1.165, 1.54) is 34.8 Å². The van der Waals surface area contributed by atoms with Crippen molar-refractivity contribution in [3.63, 3.8) is 0 Å². The van der Waals surface area contributed by atoms with Crippen LogP contribution >= 0.6 is 11.8 Å². The van der Waals surface area contributed by atoms with Crippen LogP contribution in [-0.2, 0) is 0 Å². The average Bonchev–Trinajstić information content (AvgIpc) is 3.09. The number of aliphatic hydroxyl groups is 1. The third kappa shape index (κ3) is 3.92. The number of hydrogen-bond acceptors (Lipinski definition) is 8. The van der Waals surface area contributed by atoms with E-state index in [0.29, 0.717) is 28.0 Å². The molecule has 25 heavy (non-hydrogen) atoms. The summed E-state index contributed by atoms with van der Waals surface area (Å²) in [6.45, 7) is 0. The zero-order chi connectivity index (χ0) is 17.8. The van der Waals surface area contributed by atoms with E-state index in [9.17, 15) is 9.90 Å².